The Kier molecular flexibility index (Phi) is 18.2. The molecule has 0 unspecified atom stereocenters. The normalized spacial score (nSPS) is 17.3. The number of nitriles is 1. The van der Waals surface area contributed by atoms with Crippen LogP contribution in [0.1, 0.15) is 97.4 Å². The van der Waals surface area contributed by atoms with Crippen LogP contribution in [0.3, 0.4) is 0 Å². The minimum atomic E-state index is -1.20. The summed E-state index contributed by atoms with van der Waals surface area (Å²) in [6.07, 6.45) is 5.90. The molecule has 320 valence electrons. The Bertz CT molecular complexity index is 2070. The van der Waals surface area contributed by atoms with Crippen molar-refractivity contribution in [3.05, 3.63) is 88.5 Å². The zero-order valence-corrected chi connectivity index (χ0v) is 35.3. The van der Waals surface area contributed by atoms with Gasteiger partial charge >= 0.3 is 0 Å². The van der Waals surface area contributed by atoms with Gasteiger partial charge in [0.25, 0.3) is 0 Å². The van der Waals surface area contributed by atoms with E-state index >= 15 is 0 Å². The lowest BCUT2D eigenvalue weighted by atomic mass is 9.88. The fourth-order valence-corrected chi connectivity index (χ4v) is 7.46. The number of carbonyl (C=O) groups excluding carboxylic acids is 5. The van der Waals surface area contributed by atoms with Crippen molar-refractivity contribution in [2.24, 2.45) is 29.0 Å². The van der Waals surface area contributed by atoms with E-state index < -0.39 is 41.5 Å². The summed E-state index contributed by atoms with van der Waals surface area (Å²) in [6.45, 7) is 6.51. The lowest BCUT2D eigenvalue weighted by Crippen LogP contribution is -2.46. The van der Waals surface area contributed by atoms with Gasteiger partial charge in [0.1, 0.15) is 30.8 Å². The maximum absolute atomic E-state index is 14.6. The van der Waals surface area contributed by atoms with Crippen LogP contribution in [0.15, 0.2) is 60.7 Å². The second-order valence-corrected chi connectivity index (χ2v) is 15.3. The summed E-state index contributed by atoms with van der Waals surface area (Å²) in [5.41, 5.74) is 22.2. The van der Waals surface area contributed by atoms with E-state index in [4.69, 9.17) is 26.7 Å². The van der Waals surface area contributed by atoms with E-state index in [9.17, 15) is 29.2 Å². The number of unbranched alkanes of at least 4 members (excludes halogenated alkanes) is 1. The molecule has 7 N–H and O–H groups in total. The maximum atomic E-state index is 14.6. The first-order valence-electron chi connectivity index (χ1n) is 20.8. The Labute approximate surface area is 353 Å². The second-order valence-electron chi connectivity index (χ2n) is 15.3. The van der Waals surface area contributed by atoms with Gasteiger partial charge < -0.3 is 36.9 Å². The Morgan fingerprint density at radius 3 is 2.27 bits per heavy atom. The van der Waals surface area contributed by atoms with Crippen molar-refractivity contribution in [1.29, 1.82) is 5.26 Å². The van der Waals surface area contributed by atoms with Gasteiger partial charge in [-0.25, -0.2) is 0 Å². The molecule has 0 aliphatic carbocycles. The number of carbonyl (C=O) groups is 5. The summed E-state index contributed by atoms with van der Waals surface area (Å²) in [4.78, 5) is 71.6. The molecule has 0 spiro atoms. The number of aryl methyl sites for hydroxylation is 1. The van der Waals surface area contributed by atoms with Crippen molar-refractivity contribution < 1.29 is 33.4 Å². The molecule has 1 aliphatic heterocycles. The highest BCUT2D eigenvalue weighted by Crippen LogP contribution is 2.41. The number of rotatable bonds is 19. The minimum absolute atomic E-state index is 0.0214. The molecule has 0 saturated heterocycles. The van der Waals surface area contributed by atoms with Gasteiger partial charge in [-0.2, -0.15) is 5.26 Å². The third-order valence-electron chi connectivity index (χ3n) is 10.6. The quantitative estimate of drug-likeness (QED) is 0.112. The summed E-state index contributed by atoms with van der Waals surface area (Å²) in [5.74, 6) is -2.81. The lowest BCUT2D eigenvalue weighted by molar-refractivity contribution is -0.142. The van der Waals surface area contributed by atoms with E-state index in [1.54, 1.807) is 43.3 Å². The number of allylic oxidation sites excluding steroid dienone is 1. The third-order valence-corrected chi connectivity index (χ3v) is 10.6. The number of likely N-dealkylation sites (N-methyl/N-ethyl adjacent to an activating group) is 1. The fourth-order valence-electron chi connectivity index (χ4n) is 7.46. The van der Waals surface area contributed by atoms with Gasteiger partial charge in [-0.15, -0.1) is 0 Å². The van der Waals surface area contributed by atoms with Crippen LogP contribution in [0, 0.1) is 30.1 Å². The van der Waals surface area contributed by atoms with Crippen LogP contribution in [0.2, 0.25) is 0 Å². The van der Waals surface area contributed by atoms with Crippen molar-refractivity contribution in [2.75, 3.05) is 39.9 Å². The first kappa shape index (κ1) is 47.0. The lowest BCUT2D eigenvalue weighted by Gasteiger charge is -2.32. The van der Waals surface area contributed by atoms with Crippen LogP contribution in [-0.2, 0) is 25.6 Å². The number of Topliss-reactive ketones (excluding diaryl/α,β-unsaturated/α-hetero) is 3. The number of amides is 2. The van der Waals surface area contributed by atoms with Crippen molar-refractivity contribution in [3.8, 4) is 28.7 Å². The van der Waals surface area contributed by atoms with Crippen molar-refractivity contribution >= 4 is 35.2 Å². The molecule has 4 rings (SSSR count). The highest BCUT2D eigenvalue weighted by molar-refractivity contribution is 6.01. The number of nitrogens with zero attached hydrogens (tertiary/aromatic N) is 2. The number of nitrogens with two attached hydrogens (primary N) is 3. The van der Waals surface area contributed by atoms with Gasteiger partial charge in [-0.05, 0) is 79.3 Å². The van der Waals surface area contributed by atoms with Gasteiger partial charge in [-0.1, -0.05) is 62.8 Å². The number of ether oxygens (including phenoxy) is 2. The predicted octanol–water partition coefficient (Wildman–Crippen LogP) is 5.40. The zero-order valence-electron chi connectivity index (χ0n) is 35.3. The van der Waals surface area contributed by atoms with Gasteiger partial charge in [0.05, 0.1) is 12.1 Å². The average molecular weight is 821 g/mol. The summed E-state index contributed by atoms with van der Waals surface area (Å²) in [7, 11) is 1.52. The third kappa shape index (κ3) is 12.4. The molecule has 1 aliphatic rings. The molecule has 0 aromatic heterocycles. The molecule has 3 aromatic rings. The number of benzene rings is 3. The summed E-state index contributed by atoms with van der Waals surface area (Å²) in [5, 5.41) is 12.1. The summed E-state index contributed by atoms with van der Waals surface area (Å²) < 4.78 is 12.2. The van der Waals surface area contributed by atoms with Crippen LogP contribution in [0.25, 0.3) is 17.2 Å². The zero-order chi connectivity index (χ0) is 43.8. The van der Waals surface area contributed by atoms with Crippen molar-refractivity contribution in [2.45, 2.75) is 84.2 Å². The molecule has 0 fully saturated rings. The highest BCUT2D eigenvalue weighted by Gasteiger charge is 2.36. The van der Waals surface area contributed by atoms with Gasteiger partial charge in [-0.3, -0.25) is 24.0 Å². The topological polar surface area (TPSA) is 221 Å². The predicted molar refractivity (Wildman–Crippen MR) is 232 cm³/mol. The average Bonchev–Trinajstić information content (AvgIpc) is 3.23. The minimum Gasteiger partial charge on any atom is -0.492 e. The van der Waals surface area contributed by atoms with E-state index in [2.05, 4.69) is 18.3 Å². The molecule has 0 radical (unpaired) electrons. The van der Waals surface area contributed by atoms with Crippen LogP contribution in [0.5, 0.6) is 11.5 Å². The maximum Gasteiger partial charge on any atom is 0.226 e. The van der Waals surface area contributed by atoms with E-state index in [1.165, 1.54) is 11.9 Å². The molecule has 0 saturated carbocycles. The van der Waals surface area contributed by atoms with Crippen LogP contribution >= 0.6 is 0 Å². The first-order chi connectivity index (χ1) is 28.9. The van der Waals surface area contributed by atoms with Gasteiger partial charge in [0, 0.05) is 74.3 Å². The number of nitrogens with one attached hydrogen (secondary N) is 1. The van der Waals surface area contributed by atoms with Crippen molar-refractivity contribution in [3.63, 3.8) is 0 Å². The van der Waals surface area contributed by atoms with Crippen LogP contribution < -0.4 is 32.0 Å². The monoisotopic (exact) mass is 820 g/mol. The largest absolute Gasteiger partial charge is 0.492 e. The summed E-state index contributed by atoms with van der Waals surface area (Å²) in [6, 6.07) is 16.0. The highest BCUT2D eigenvalue weighted by atomic mass is 16.5. The van der Waals surface area contributed by atoms with E-state index in [0.717, 1.165) is 24.0 Å². The van der Waals surface area contributed by atoms with E-state index in [0.29, 0.717) is 39.3 Å². The van der Waals surface area contributed by atoms with Gasteiger partial charge in [0.2, 0.25) is 11.8 Å². The van der Waals surface area contributed by atoms with Crippen molar-refractivity contribution in [1.82, 2.24) is 10.2 Å². The molecule has 4 bridgehead atoms. The summed E-state index contributed by atoms with van der Waals surface area (Å²) >= 11 is 0. The SMILES string of the molecule is CCC/C=C\c1ccc(C(=O)C[C@@H](CCN)C(=O)N(C)[C@@H]2C(=O)C[C@@H](C)C(=O)N[C@H](C(=O)CCC#N)Cc3ccc(OCCN)c(c3)-c3cc2ccc3OCCN)c(C)c1. The molecule has 2 amide bonds. The fraction of sp³-hybridized carbons (Fsp3) is 0.447. The Balaban J connectivity index is 1.84. The Morgan fingerprint density at radius 1 is 0.950 bits per heavy atom. The van der Waals surface area contributed by atoms with Crippen LogP contribution in [0.4, 0.5) is 0 Å². The molecule has 1 heterocycles. The molecular weight excluding hydrogens is 761 g/mol. The number of ketones is 3. The molecule has 13 nitrogen and oxygen atoms in total. The number of fused-ring (bicyclic) bond motifs is 5. The molecule has 60 heavy (non-hydrogen) atoms. The van der Waals surface area contributed by atoms with Crippen LogP contribution in [-0.4, -0.2) is 80.0 Å². The molecular formula is C47H60N6O7. The standard InChI is InChI=1S/C47H60N6O7/c1-5-6-7-9-32-11-14-36(30(2)24-32)41(55)29-35(17-19-49)47(58)53(4)45-34-13-16-44(60-23-21-51)38(28-34)37-26-33(12-15-43(37)59-22-20-50)27-39(40(54)10-8-18-48)52-46(57)31(3)25-42(45)56/h7,9,11-16,24,26,28,31,35,39,45H,5-6,8,10,17,19-23,25,27,29,49-51H2,1-4H3,(H,52,57)/b9-7-/t31-,35-,39+,45+/m1/s1. The molecule has 3 aromatic carbocycles. The Hall–Kier alpha value is -5.68. The number of hydrogen-bond donors (Lipinski definition) is 4. The molecule has 4 atom stereocenters. The Morgan fingerprint density at radius 2 is 1.63 bits per heavy atom. The van der Waals surface area contributed by atoms with Gasteiger partial charge in [0.15, 0.2) is 17.3 Å². The smallest absolute Gasteiger partial charge is 0.226 e. The van der Waals surface area contributed by atoms with E-state index in [-0.39, 0.29) is 82.9 Å². The second kappa shape index (κ2) is 23.2. The number of hydrogen-bond acceptors (Lipinski definition) is 11. The molecule has 13 heteroatoms. The first-order valence-corrected chi connectivity index (χ1v) is 20.8. The van der Waals surface area contributed by atoms with E-state index in [1.807, 2.05) is 37.3 Å².